The zero-order valence-electron chi connectivity index (χ0n) is 12.6. The van der Waals surface area contributed by atoms with Crippen LogP contribution < -0.4 is 4.74 Å². The minimum atomic E-state index is 0.0450. The van der Waals surface area contributed by atoms with E-state index in [4.69, 9.17) is 4.74 Å². The number of likely N-dealkylation sites (tertiary alicyclic amines) is 1. The normalized spacial score (nSPS) is 14.5. The van der Waals surface area contributed by atoms with Gasteiger partial charge in [0.2, 0.25) is 0 Å². The van der Waals surface area contributed by atoms with Gasteiger partial charge in [0.1, 0.15) is 11.9 Å². The van der Waals surface area contributed by atoms with Gasteiger partial charge < -0.3 is 9.64 Å². The number of ether oxygens (including phenoxy) is 1. The number of aromatic nitrogens is 1. The number of carbonyl (C=O) groups excluding carboxylic acids is 1. The first-order valence-corrected chi connectivity index (χ1v) is 7.64. The molecule has 1 aliphatic rings. The molecule has 0 saturated carbocycles. The maximum Gasteiger partial charge on any atom is 0.254 e. The molecule has 1 saturated heterocycles. The van der Waals surface area contributed by atoms with Crippen LogP contribution in [0, 0.1) is 0 Å². The topological polar surface area (TPSA) is 42.4 Å². The van der Waals surface area contributed by atoms with Crippen LogP contribution in [0.1, 0.15) is 10.4 Å². The van der Waals surface area contributed by atoms with Crippen molar-refractivity contribution in [3.63, 3.8) is 0 Å². The predicted octanol–water partition coefficient (Wildman–Crippen LogP) is 3.14. The first-order valence-electron chi connectivity index (χ1n) is 7.64. The van der Waals surface area contributed by atoms with Gasteiger partial charge in [0.15, 0.2) is 0 Å². The molecular weight excluding hydrogens is 288 g/mol. The predicted molar refractivity (Wildman–Crippen MR) is 88.5 cm³/mol. The maximum absolute atomic E-state index is 12.5. The molecule has 0 bridgehead atoms. The third-order valence-corrected chi connectivity index (χ3v) is 4.07. The van der Waals surface area contributed by atoms with Crippen molar-refractivity contribution in [3.05, 3.63) is 72.6 Å². The van der Waals surface area contributed by atoms with Crippen molar-refractivity contribution in [1.29, 1.82) is 0 Å². The highest BCUT2D eigenvalue weighted by molar-refractivity contribution is 5.99. The van der Waals surface area contributed by atoms with Crippen molar-refractivity contribution in [2.75, 3.05) is 13.1 Å². The quantitative estimate of drug-likeness (QED) is 0.746. The molecule has 4 rings (SSSR count). The van der Waals surface area contributed by atoms with Crippen LogP contribution in [0.2, 0.25) is 0 Å². The van der Waals surface area contributed by atoms with Gasteiger partial charge in [0, 0.05) is 11.8 Å². The van der Waals surface area contributed by atoms with E-state index < -0.39 is 0 Å². The Labute approximate surface area is 134 Å². The molecule has 114 valence electrons. The second kappa shape index (κ2) is 5.72. The molecule has 2 aromatic carbocycles. The Kier molecular flexibility index (Phi) is 3.42. The van der Waals surface area contributed by atoms with Crippen molar-refractivity contribution < 1.29 is 9.53 Å². The lowest BCUT2D eigenvalue weighted by atomic mass is 10.0. The highest BCUT2D eigenvalue weighted by atomic mass is 16.5. The third kappa shape index (κ3) is 2.75. The SMILES string of the molecule is O=C(c1ccc2ccccc2c1)N1CC(Oc2cccnc2)C1. The Morgan fingerprint density at radius 1 is 1.04 bits per heavy atom. The highest BCUT2D eigenvalue weighted by Gasteiger charge is 2.32. The van der Waals surface area contributed by atoms with Crippen LogP contribution in [0.15, 0.2) is 67.0 Å². The van der Waals surface area contributed by atoms with E-state index in [1.165, 1.54) is 0 Å². The molecule has 0 N–H and O–H groups in total. The molecule has 0 spiro atoms. The van der Waals surface area contributed by atoms with Crippen LogP contribution in [0.3, 0.4) is 0 Å². The number of carbonyl (C=O) groups is 1. The molecule has 4 heteroatoms. The first kappa shape index (κ1) is 13.8. The maximum atomic E-state index is 12.5. The smallest absolute Gasteiger partial charge is 0.254 e. The van der Waals surface area contributed by atoms with Gasteiger partial charge in [0.05, 0.1) is 19.3 Å². The molecule has 4 nitrogen and oxygen atoms in total. The number of benzene rings is 2. The fourth-order valence-corrected chi connectivity index (χ4v) is 2.79. The summed E-state index contributed by atoms with van der Waals surface area (Å²) in [4.78, 5) is 18.4. The van der Waals surface area contributed by atoms with Gasteiger partial charge in [-0.3, -0.25) is 9.78 Å². The summed E-state index contributed by atoms with van der Waals surface area (Å²) in [5, 5.41) is 2.23. The molecular formula is C19H16N2O2. The van der Waals surface area contributed by atoms with E-state index in [0.29, 0.717) is 13.1 Å². The molecule has 2 heterocycles. The van der Waals surface area contributed by atoms with Crippen LogP contribution in [-0.4, -0.2) is 35.0 Å². The number of amides is 1. The first-order chi connectivity index (χ1) is 11.3. The Bertz CT molecular complexity index is 842. The van der Waals surface area contributed by atoms with E-state index in [2.05, 4.69) is 4.98 Å². The molecule has 0 atom stereocenters. The number of nitrogens with zero attached hydrogens (tertiary/aromatic N) is 2. The monoisotopic (exact) mass is 304 g/mol. The zero-order chi connectivity index (χ0) is 15.6. The van der Waals surface area contributed by atoms with E-state index in [1.54, 1.807) is 12.4 Å². The van der Waals surface area contributed by atoms with Crippen molar-refractivity contribution in [2.24, 2.45) is 0 Å². The standard InChI is InChI=1S/C19H16N2O2/c22-19(16-8-7-14-4-1-2-5-15(14)10-16)21-12-18(13-21)23-17-6-3-9-20-11-17/h1-11,18H,12-13H2. The van der Waals surface area contributed by atoms with Crippen LogP contribution >= 0.6 is 0 Å². The van der Waals surface area contributed by atoms with E-state index in [1.807, 2.05) is 59.5 Å². The van der Waals surface area contributed by atoms with Crippen LogP contribution in [0.5, 0.6) is 5.75 Å². The van der Waals surface area contributed by atoms with Crippen LogP contribution in [0.25, 0.3) is 10.8 Å². The van der Waals surface area contributed by atoms with Gasteiger partial charge in [-0.05, 0) is 35.0 Å². The average Bonchev–Trinajstić information content (AvgIpc) is 2.57. The van der Waals surface area contributed by atoms with Gasteiger partial charge in [-0.1, -0.05) is 30.3 Å². The minimum Gasteiger partial charge on any atom is -0.485 e. The zero-order valence-corrected chi connectivity index (χ0v) is 12.6. The van der Waals surface area contributed by atoms with E-state index in [-0.39, 0.29) is 12.0 Å². The lowest BCUT2D eigenvalue weighted by Gasteiger charge is -2.38. The van der Waals surface area contributed by atoms with Crippen molar-refractivity contribution >= 4 is 16.7 Å². The van der Waals surface area contributed by atoms with E-state index >= 15 is 0 Å². The molecule has 0 unspecified atom stereocenters. The summed E-state index contributed by atoms with van der Waals surface area (Å²) in [6.45, 7) is 1.22. The lowest BCUT2D eigenvalue weighted by molar-refractivity contribution is 0.0177. The molecule has 0 radical (unpaired) electrons. The fraction of sp³-hybridized carbons (Fsp3) is 0.158. The Hall–Kier alpha value is -2.88. The summed E-state index contributed by atoms with van der Waals surface area (Å²) < 4.78 is 5.78. The molecule has 3 aromatic rings. The second-order valence-corrected chi connectivity index (χ2v) is 5.70. The third-order valence-electron chi connectivity index (χ3n) is 4.07. The number of hydrogen-bond donors (Lipinski definition) is 0. The minimum absolute atomic E-state index is 0.0450. The summed E-state index contributed by atoms with van der Waals surface area (Å²) >= 11 is 0. The van der Waals surface area contributed by atoms with E-state index in [9.17, 15) is 4.79 Å². The molecule has 1 amide bonds. The summed E-state index contributed by atoms with van der Waals surface area (Å²) in [6, 6.07) is 17.6. The Balaban J connectivity index is 1.42. The molecule has 1 fully saturated rings. The van der Waals surface area contributed by atoms with Gasteiger partial charge in [-0.25, -0.2) is 0 Å². The van der Waals surface area contributed by atoms with Gasteiger partial charge in [-0.2, -0.15) is 0 Å². The van der Waals surface area contributed by atoms with Crippen molar-refractivity contribution in [2.45, 2.75) is 6.10 Å². The number of pyridine rings is 1. The number of rotatable bonds is 3. The summed E-state index contributed by atoms with van der Waals surface area (Å²) in [7, 11) is 0. The fourth-order valence-electron chi connectivity index (χ4n) is 2.79. The Morgan fingerprint density at radius 2 is 1.87 bits per heavy atom. The lowest BCUT2D eigenvalue weighted by Crippen LogP contribution is -2.56. The Morgan fingerprint density at radius 3 is 2.65 bits per heavy atom. The summed E-state index contributed by atoms with van der Waals surface area (Å²) in [5.41, 5.74) is 0.725. The summed E-state index contributed by atoms with van der Waals surface area (Å²) in [5.74, 6) is 0.803. The van der Waals surface area contributed by atoms with Crippen molar-refractivity contribution in [3.8, 4) is 5.75 Å². The second-order valence-electron chi connectivity index (χ2n) is 5.70. The highest BCUT2D eigenvalue weighted by Crippen LogP contribution is 2.21. The van der Waals surface area contributed by atoms with Gasteiger partial charge >= 0.3 is 0 Å². The van der Waals surface area contributed by atoms with Gasteiger partial charge in [0.25, 0.3) is 5.91 Å². The average molecular weight is 304 g/mol. The molecule has 23 heavy (non-hydrogen) atoms. The van der Waals surface area contributed by atoms with Crippen LogP contribution in [0.4, 0.5) is 0 Å². The van der Waals surface area contributed by atoms with Gasteiger partial charge in [-0.15, -0.1) is 0 Å². The van der Waals surface area contributed by atoms with Crippen molar-refractivity contribution in [1.82, 2.24) is 9.88 Å². The van der Waals surface area contributed by atoms with E-state index in [0.717, 1.165) is 22.1 Å². The molecule has 1 aromatic heterocycles. The number of hydrogen-bond acceptors (Lipinski definition) is 3. The largest absolute Gasteiger partial charge is 0.485 e. The molecule has 1 aliphatic heterocycles. The van der Waals surface area contributed by atoms with Crippen LogP contribution in [-0.2, 0) is 0 Å². The summed E-state index contributed by atoms with van der Waals surface area (Å²) in [6.07, 6.45) is 3.44. The number of fused-ring (bicyclic) bond motifs is 1. The molecule has 0 aliphatic carbocycles.